The van der Waals surface area contributed by atoms with Gasteiger partial charge in [0, 0.05) is 19.5 Å². The van der Waals surface area contributed by atoms with Gasteiger partial charge >= 0.3 is 0 Å². The minimum absolute atomic E-state index is 0.154. The molecule has 0 fully saturated rings. The summed E-state index contributed by atoms with van der Waals surface area (Å²) < 4.78 is 0. The molecule has 2 aromatic carbocycles. The third-order valence-corrected chi connectivity index (χ3v) is 5.05. The molecule has 0 bridgehead atoms. The van der Waals surface area contributed by atoms with E-state index >= 15 is 0 Å². The normalized spacial score (nSPS) is 11.4. The van der Waals surface area contributed by atoms with Crippen LogP contribution in [0.2, 0.25) is 0 Å². The van der Waals surface area contributed by atoms with Gasteiger partial charge in [0.2, 0.25) is 5.91 Å². The molecule has 0 N–H and O–H groups in total. The molecule has 1 amide bonds. The number of carbonyl (C=O) groups excluding carboxylic acids is 1. The molecule has 0 spiro atoms. The van der Waals surface area contributed by atoms with Gasteiger partial charge in [-0.25, -0.2) is 0 Å². The molecule has 0 atom stereocenters. The third-order valence-electron chi connectivity index (χ3n) is 5.05. The number of nitrogens with zero attached hydrogens (tertiary/aromatic N) is 1. The van der Waals surface area contributed by atoms with Crippen molar-refractivity contribution in [1.82, 2.24) is 4.90 Å². The Morgan fingerprint density at radius 3 is 2.15 bits per heavy atom. The molecule has 0 unspecified atom stereocenters. The molecule has 2 aromatic rings. The highest BCUT2D eigenvalue weighted by atomic mass is 16.2. The molecule has 0 saturated carbocycles. The van der Waals surface area contributed by atoms with E-state index < -0.39 is 0 Å². The Morgan fingerprint density at radius 1 is 0.889 bits per heavy atom. The maximum absolute atomic E-state index is 12.8. The average Bonchev–Trinajstić information content (AvgIpc) is 2.65. The van der Waals surface area contributed by atoms with Gasteiger partial charge in [-0.05, 0) is 34.9 Å². The van der Waals surface area contributed by atoms with E-state index in [2.05, 4.69) is 76.2 Å². The van der Waals surface area contributed by atoms with Crippen molar-refractivity contribution in [3.63, 3.8) is 0 Å². The lowest BCUT2D eigenvalue weighted by Gasteiger charge is -2.24. The summed E-state index contributed by atoms with van der Waals surface area (Å²) in [6.45, 7) is 10.3. The SMILES string of the molecule is CCCCCC(=O)N(CCc1ccccc1)Cc1ccc(C(C)(C)C)cc1. The van der Waals surface area contributed by atoms with Gasteiger partial charge in [-0.15, -0.1) is 0 Å². The van der Waals surface area contributed by atoms with E-state index in [1.165, 1.54) is 16.7 Å². The first-order valence-electron chi connectivity index (χ1n) is 10.3. The topological polar surface area (TPSA) is 20.3 Å². The van der Waals surface area contributed by atoms with Crippen molar-refractivity contribution >= 4 is 5.91 Å². The summed E-state index contributed by atoms with van der Waals surface area (Å²) in [7, 11) is 0. The van der Waals surface area contributed by atoms with Gasteiger partial charge in [-0.2, -0.15) is 0 Å². The molecule has 0 saturated heterocycles. The highest BCUT2D eigenvalue weighted by Gasteiger charge is 2.16. The molecule has 2 nitrogen and oxygen atoms in total. The van der Waals surface area contributed by atoms with E-state index in [9.17, 15) is 4.79 Å². The van der Waals surface area contributed by atoms with Crippen molar-refractivity contribution in [2.24, 2.45) is 0 Å². The molecule has 27 heavy (non-hydrogen) atoms. The summed E-state index contributed by atoms with van der Waals surface area (Å²) in [4.78, 5) is 14.8. The molecule has 0 aromatic heterocycles. The fraction of sp³-hybridized carbons (Fsp3) is 0.480. The van der Waals surface area contributed by atoms with Crippen LogP contribution in [0, 0.1) is 0 Å². The van der Waals surface area contributed by atoms with Gasteiger partial charge in [-0.3, -0.25) is 4.79 Å². The molecule has 146 valence electrons. The largest absolute Gasteiger partial charge is 0.338 e. The van der Waals surface area contributed by atoms with Crippen LogP contribution in [-0.2, 0) is 23.2 Å². The van der Waals surface area contributed by atoms with Crippen molar-refractivity contribution in [3.8, 4) is 0 Å². The fourth-order valence-electron chi connectivity index (χ4n) is 3.22. The zero-order chi connectivity index (χ0) is 19.7. The Bertz CT molecular complexity index is 683. The van der Waals surface area contributed by atoms with E-state index in [4.69, 9.17) is 0 Å². The van der Waals surface area contributed by atoms with E-state index in [0.29, 0.717) is 13.0 Å². The van der Waals surface area contributed by atoms with Crippen LogP contribution in [0.25, 0.3) is 0 Å². The first-order valence-corrected chi connectivity index (χ1v) is 10.3. The van der Waals surface area contributed by atoms with Gasteiger partial charge in [0.1, 0.15) is 0 Å². The predicted octanol–water partition coefficient (Wildman–Crippen LogP) is 6.14. The average molecular weight is 366 g/mol. The van der Waals surface area contributed by atoms with E-state index in [1.807, 2.05) is 11.0 Å². The van der Waals surface area contributed by atoms with Crippen LogP contribution in [0.4, 0.5) is 0 Å². The monoisotopic (exact) mass is 365 g/mol. The predicted molar refractivity (Wildman–Crippen MR) is 115 cm³/mol. The van der Waals surface area contributed by atoms with Crippen LogP contribution >= 0.6 is 0 Å². The Hall–Kier alpha value is -2.09. The number of hydrogen-bond donors (Lipinski definition) is 0. The first kappa shape index (κ1) is 21.2. The molecule has 2 heteroatoms. The van der Waals surface area contributed by atoms with Crippen LogP contribution in [0.3, 0.4) is 0 Å². The Kier molecular flexibility index (Phi) is 8.09. The van der Waals surface area contributed by atoms with E-state index in [1.54, 1.807) is 0 Å². The molecule has 0 aliphatic carbocycles. The zero-order valence-electron chi connectivity index (χ0n) is 17.5. The molecule has 0 aliphatic rings. The second-order valence-corrected chi connectivity index (χ2v) is 8.45. The van der Waals surface area contributed by atoms with Gasteiger partial charge in [0.15, 0.2) is 0 Å². The van der Waals surface area contributed by atoms with E-state index in [-0.39, 0.29) is 11.3 Å². The fourth-order valence-corrected chi connectivity index (χ4v) is 3.22. The minimum atomic E-state index is 0.154. The maximum Gasteiger partial charge on any atom is 0.222 e. The van der Waals surface area contributed by atoms with Crippen molar-refractivity contribution in [2.45, 2.75) is 71.8 Å². The van der Waals surface area contributed by atoms with Crippen molar-refractivity contribution < 1.29 is 4.79 Å². The lowest BCUT2D eigenvalue weighted by atomic mass is 9.87. The molecule has 0 heterocycles. The van der Waals surface area contributed by atoms with Crippen LogP contribution in [0.15, 0.2) is 54.6 Å². The van der Waals surface area contributed by atoms with Crippen LogP contribution in [-0.4, -0.2) is 17.4 Å². The van der Waals surface area contributed by atoms with Gasteiger partial charge < -0.3 is 4.90 Å². The summed E-state index contributed by atoms with van der Waals surface area (Å²) >= 11 is 0. The maximum atomic E-state index is 12.8. The number of hydrogen-bond acceptors (Lipinski definition) is 1. The summed E-state index contributed by atoms with van der Waals surface area (Å²) in [5, 5.41) is 0. The Morgan fingerprint density at radius 2 is 1.56 bits per heavy atom. The number of benzene rings is 2. The Labute approximate surface area is 165 Å². The minimum Gasteiger partial charge on any atom is -0.338 e. The summed E-state index contributed by atoms with van der Waals surface area (Å²) in [5.41, 5.74) is 3.98. The number of amides is 1. The number of carbonyl (C=O) groups is 1. The standard InChI is InChI=1S/C25H35NO/c1-5-6-8-13-24(27)26(19-18-21-11-9-7-10-12-21)20-22-14-16-23(17-15-22)25(2,3)4/h7,9-12,14-17H,5-6,8,13,18-20H2,1-4H3. The lowest BCUT2D eigenvalue weighted by Crippen LogP contribution is -2.32. The lowest BCUT2D eigenvalue weighted by molar-refractivity contribution is -0.131. The van der Waals surface area contributed by atoms with Crippen LogP contribution in [0.5, 0.6) is 0 Å². The third kappa shape index (κ3) is 7.21. The summed E-state index contributed by atoms with van der Waals surface area (Å²) in [5.74, 6) is 0.277. The number of unbranched alkanes of at least 4 members (excludes halogenated alkanes) is 2. The smallest absolute Gasteiger partial charge is 0.222 e. The zero-order valence-corrected chi connectivity index (χ0v) is 17.5. The second kappa shape index (κ2) is 10.3. The second-order valence-electron chi connectivity index (χ2n) is 8.45. The quantitative estimate of drug-likeness (QED) is 0.489. The Balaban J connectivity index is 2.05. The summed E-state index contributed by atoms with van der Waals surface area (Å²) in [6, 6.07) is 19.2. The molecule has 2 rings (SSSR count). The first-order chi connectivity index (χ1) is 12.9. The van der Waals surface area contributed by atoms with Crippen LogP contribution in [0.1, 0.15) is 70.1 Å². The molecular weight excluding hydrogens is 330 g/mol. The van der Waals surface area contributed by atoms with Gasteiger partial charge in [0.05, 0.1) is 0 Å². The highest BCUT2D eigenvalue weighted by Crippen LogP contribution is 2.22. The molecular formula is C25H35NO. The van der Waals surface area contributed by atoms with Crippen molar-refractivity contribution in [2.75, 3.05) is 6.54 Å². The molecule has 0 aliphatic heterocycles. The summed E-state index contributed by atoms with van der Waals surface area (Å²) in [6.07, 6.45) is 4.81. The molecule has 0 radical (unpaired) electrons. The van der Waals surface area contributed by atoms with Crippen LogP contribution < -0.4 is 0 Å². The van der Waals surface area contributed by atoms with Crippen molar-refractivity contribution in [3.05, 3.63) is 71.3 Å². The van der Waals surface area contributed by atoms with Gasteiger partial charge in [0.25, 0.3) is 0 Å². The van der Waals surface area contributed by atoms with Crippen molar-refractivity contribution in [1.29, 1.82) is 0 Å². The number of rotatable bonds is 9. The van der Waals surface area contributed by atoms with Gasteiger partial charge in [-0.1, -0.05) is 95.1 Å². The van der Waals surface area contributed by atoms with E-state index in [0.717, 1.165) is 32.2 Å². The highest BCUT2D eigenvalue weighted by molar-refractivity contribution is 5.76.